The van der Waals surface area contributed by atoms with E-state index in [1.165, 1.54) is 29.4 Å². The Hall–Kier alpha value is -3.72. The first kappa shape index (κ1) is 31.2. The number of ether oxygens (including phenoxy) is 2. The van der Waals surface area contributed by atoms with Gasteiger partial charge in [-0.2, -0.15) is 0 Å². The summed E-state index contributed by atoms with van der Waals surface area (Å²) in [6.07, 6.45) is 0.817. The summed E-state index contributed by atoms with van der Waals surface area (Å²) in [4.78, 5) is 12.5. The fraction of sp³-hybridized carbons (Fsp3) is 0.265. The average molecular weight is 603 g/mol. The zero-order chi connectivity index (χ0) is 30.5. The number of ketones is 1. The minimum atomic E-state index is -3.32. The van der Waals surface area contributed by atoms with Gasteiger partial charge in [0.05, 0.1) is 11.5 Å². The van der Waals surface area contributed by atoms with Crippen molar-refractivity contribution >= 4 is 34.3 Å². The fourth-order valence-electron chi connectivity index (χ4n) is 5.06. The van der Waals surface area contributed by atoms with Crippen molar-refractivity contribution in [3.63, 3.8) is 0 Å². The predicted molar refractivity (Wildman–Crippen MR) is 170 cm³/mol. The summed E-state index contributed by atoms with van der Waals surface area (Å²) in [5.41, 5.74) is 0.440. The van der Waals surface area contributed by atoms with Gasteiger partial charge in [-0.15, -0.1) is 0 Å². The Morgan fingerprint density at radius 1 is 0.786 bits per heavy atom. The van der Waals surface area contributed by atoms with Crippen molar-refractivity contribution in [3.05, 3.63) is 109 Å². The second kappa shape index (κ2) is 12.6. The van der Waals surface area contributed by atoms with Crippen LogP contribution in [-0.4, -0.2) is 41.5 Å². The third-order valence-electron chi connectivity index (χ3n) is 7.06. The molecule has 1 atom stereocenters. The van der Waals surface area contributed by atoms with Gasteiger partial charge in [0.2, 0.25) is 0 Å². The summed E-state index contributed by atoms with van der Waals surface area (Å²) in [6, 6.07) is 32.0. The minimum absolute atomic E-state index is 0.131. The van der Waals surface area contributed by atoms with Crippen LogP contribution in [0.1, 0.15) is 45.0 Å². The zero-order valence-electron chi connectivity index (χ0n) is 25.0. The molecule has 0 saturated carbocycles. The minimum Gasteiger partial charge on any atom is -0.488 e. The van der Waals surface area contributed by atoms with Crippen molar-refractivity contribution in [2.75, 3.05) is 12.9 Å². The first-order chi connectivity index (χ1) is 19.8. The van der Waals surface area contributed by atoms with Crippen LogP contribution in [0.25, 0.3) is 0 Å². The van der Waals surface area contributed by atoms with Crippen LogP contribution in [0.5, 0.6) is 17.2 Å². The summed E-state index contributed by atoms with van der Waals surface area (Å²) in [7, 11) is -6.06. The van der Waals surface area contributed by atoms with Crippen LogP contribution in [0.2, 0.25) is 5.04 Å². The molecule has 220 valence electrons. The molecule has 0 spiro atoms. The van der Waals surface area contributed by atoms with E-state index in [1.54, 1.807) is 30.3 Å². The molecule has 0 aromatic heterocycles. The molecule has 4 rings (SSSR count). The number of sulfone groups is 1. The van der Waals surface area contributed by atoms with Gasteiger partial charge in [0.1, 0.15) is 23.4 Å². The Balaban J connectivity index is 1.59. The van der Waals surface area contributed by atoms with E-state index in [9.17, 15) is 13.2 Å². The van der Waals surface area contributed by atoms with Gasteiger partial charge in [-0.3, -0.25) is 4.79 Å². The number of benzene rings is 4. The van der Waals surface area contributed by atoms with Crippen LogP contribution in [0.3, 0.4) is 0 Å². The highest BCUT2D eigenvalue weighted by molar-refractivity contribution is 7.90. The lowest BCUT2D eigenvalue weighted by molar-refractivity contribution is 0.101. The lowest BCUT2D eigenvalue weighted by atomic mass is 10.1. The molecule has 6 nitrogen and oxygen atoms in total. The number of rotatable bonds is 11. The van der Waals surface area contributed by atoms with Gasteiger partial charge in [-0.25, -0.2) is 8.42 Å². The van der Waals surface area contributed by atoms with E-state index in [0.29, 0.717) is 29.4 Å². The van der Waals surface area contributed by atoms with E-state index in [4.69, 9.17) is 13.9 Å². The molecule has 0 radical (unpaired) electrons. The Labute approximate surface area is 250 Å². The lowest BCUT2D eigenvalue weighted by Gasteiger charge is -2.43. The summed E-state index contributed by atoms with van der Waals surface area (Å²) < 4.78 is 42.9. The maximum absolute atomic E-state index is 12.3. The van der Waals surface area contributed by atoms with Gasteiger partial charge in [0.15, 0.2) is 15.6 Å². The molecule has 0 amide bonds. The van der Waals surface area contributed by atoms with Crippen LogP contribution < -0.4 is 19.8 Å². The van der Waals surface area contributed by atoms with Gasteiger partial charge < -0.3 is 13.9 Å². The zero-order valence-corrected chi connectivity index (χ0v) is 26.8. The standard InChI is InChI=1S/C34H38O6SSi/c1-25(24-38-42(34(3,4)5,32-13-9-7-10-14-32)33-15-11-8-12-16-33)39-29-21-27(26(2)35)22-30(23-29)40-28-17-19-31(20-18-28)41(6,36)37/h7-23,25H,24H2,1-6H3/t25-/m0/s1. The first-order valence-electron chi connectivity index (χ1n) is 13.9. The molecule has 0 unspecified atom stereocenters. The van der Waals surface area contributed by atoms with E-state index in [2.05, 4.69) is 69.3 Å². The van der Waals surface area contributed by atoms with Gasteiger partial charge >= 0.3 is 0 Å². The van der Waals surface area contributed by atoms with Crippen LogP contribution in [-0.2, 0) is 14.3 Å². The van der Waals surface area contributed by atoms with Crippen molar-refractivity contribution < 1.29 is 27.1 Å². The van der Waals surface area contributed by atoms with Gasteiger partial charge in [0.25, 0.3) is 8.32 Å². The lowest BCUT2D eigenvalue weighted by Crippen LogP contribution is -2.67. The summed E-state index contributed by atoms with van der Waals surface area (Å²) in [5, 5.41) is 2.21. The molecule has 42 heavy (non-hydrogen) atoms. The molecule has 0 bridgehead atoms. The largest absolute Gasteiger partial charge is 0.488 e. The number of carbonyl (C=O) groups is 1. The van der Waals surface area contributed by atoms with Crippen LogP contribution in [0, 0.1) is 0 Å². The van der Waals surface area contributed by atoms with E-state index in [1.807, 2.05) is 19.1 Å². The predicted octanol–water partition coefficient (Wildman–Crippen LogP) is 6.43. The van der Waals surface area contributed by atoms with Crippen molar-refractivity contribution in [1.29, 1.82) is 0 Å². The molecular formula is C34H38O6SSi. The molecule has 4 aromatic carbocycles. The normalized spacial score (nSPS) is 12.9. The highest BCUT2D eigenvalue weighted by atomic mass is 32.2. The highest BCUT2D eigenvalue weighted by Crippen LogP contribution is 2.37. The number of hydrogen-bond acceptors (Lipinski definition) is 6. The van der Waals surface area contributed by atoms with Crippen molar-refractivity contribution in [2.45, 2.75) is 50.7 Å². The van der Waals surface area contributed by atoms with E-state index in [-0.39, 0.29) is 21.8 Å². The third kappa shape index (κ3) is 7.18. The smallest absolute Gasteiger partial charge is 0.261 e. The third-order valence-corrected chi connectivity index (χ3v) is 13.2. The molecule has 0 saturated heterocycles. The van der Waals surface area contributed by atoms with Crippen LogP contribution >= 0.6 is 0 Å². The van der Waals surface area contributed by atoms with Crippen molar-refractivity contribution in [2.24, 2.45) is 0 Å². The molecular weight excluding hydrogens is 565 g/mol. The Bertz CT molecular complexity index is 1570. The molecule has 0 aliphatic rings. The first-order valence-corrected chi connectivity index (χ1v) is 17.7. The van der Waals surface area contributed by atoms with E-state index >= 15 is 0 Å². The average Bonchev–Trinajstić information content (AvgIpc) is 2.93. The Morgan fingerprint density at radius 2 is 1.31 bits per heavy atom. The molecule has 0 fully saturated rings. The maximum atomic E-state index is 12.3. The number of hydrogen-bond donors (Lipinski definition) is 0. The second-order valence-corrected chi connectivity index (χ2v) is 17.8. The molecule has 8 heteroatoms. The number of carbonyl (C=O) groups excluding carboxylic acids is 1. The number of Topliss-reactive ketones (excluding diaryl/α,β-unsaturated/α-hetero) is 1. The summed E-state index contributed by atoms with van der Waals surface area (Å²) in [6.45, 7) is 10.5. The van der Waals surface area contributed by atoms with Crippen molar-refractivity contribution in [1.82, 2.24) is 0 Å². The summed E-state index contributed by atoms with van der Waals surface area (Å²) >= 11 is 0. The SMILES string of the molecule is CC(=O)c1cc(Oc2ccc(S(C)(=O)=O)cc2)cc(O[C@@H](C)CO[Si](c2ccccc2)(c2ccccc2)C(C)(C)C)c1. The Kier molecular flexibility index (Phi) is 9.40. The monoisotopic (exact) mass is 602 g/mol. The van der Waals surface area contributed by atoms with Gasteiger partial charge in [-0.1, -0.05) is 81.4 Å². The topological polar surface area (TPSA) is 78.9 Å². The second-order valence-electron chi connectivity index (χ2n) is 11.5. The highest BCUT2D eigenvalue weighted by Gasteiger charge is 2.50. The van der Waals surface area contributed by atoms with E-state index in [0.717, 1.165) is 6.26 Å². The van der Waals surface area contributed by atoms with Gasteiger partial charge in [0, 0.05) is 17.9 Å². The molecule has 0 N–H and O–H groups in total. The molecule has 4 aromatic rings. The van der Waals surface area contributed by atoms with Crippen molar-refractivity contribution in [3.8, 4) is 17.2 Å². The van der Waals surface area contributed by atoms with Crippen LogP contribution in [0.4, 0.5) is 0 Å². The fourth-order valence-corrected chi connectivity index (χ4v) is 10.3. The maximum Gasteiger partial charge on any atom is 0.261 e. The van der Waals surface area contributed by atoms with Crippen LogP contribution in [0.15, 0.2) is 108 Å². The molecule has 0 aliphatic carbocycles. The summed E-state index contributed by atoms with van der Waals surface area (Å²) in [5.74, 6) is 1.19. The molecule has 0 heterocycles. The molecule has 0 aliphatic heterocycles. The van der Waals surface area contributed by atoms with Gasteiger partial charge in [-0.05, 0) is 65.7 Å². The van der Waals surface area contributed by atoms with E-state index < -0.39 is 18.2 Å². The quantitative estimate of drug-likeness (QED) is 0.145. The Morgan fingerprint density at radius 3 is 1.79 bits per heavy atom.